The van der Waals surface area contributed by atoms with Crippen LogP contribution in [-0.4, -0.2) is 13.0 Å². The minimum Gasteiger partial charge on any atom is -0.497 e. The van der Waals surface area contributed by atoms with Gasteiger partial charge in [-0.15, -0.1) is 0 Å². The zero-order valence-corrected chi connectivity index (χ0v) is 17.9. The third-order valence-corrected chi connectivity index (χ3v) is 5.84. The normalized spacial score (nSPS) is 15.4. The van der Waals surface area contributed by atoms with Gasteiger partial charge in [0, 0.05) is 16.2 Å². The van der Waals surface area contributed by atoms with Crippen molar-refractivity contribution in [3.05, 3.63) is 104 Å². The lowest BCUT2D eigenvalue weighted by Crippen LogP contribution is -2.29. The van der Waals surface area contributed by atoms with Crippen LogP contribution in [0.1, 0.15) is 27.7 Å². The molecule has 154 valence electrons. The molecule has 1 amide bonds. The van der Waals surface area contributed by atoms with Crippen LogP contribution in [0.5, 0.6) is 5.75 Å². The number of ether oxygens (including phenoxy) is 1. The van der Waals surface area contributed by atoms with E-state index in [0.29, 0.717) is 28.0 Å². The van der Waals surface area contributed by atoms with Gasteiger partial charge in [-0.05, 0) is 48.0 Å². The molecule has 3 aromatic carbocycles. The van der Waals surface area contributed by atoms with E-state index in [0.717, 1.165) is 4.47 Å². The Bertz CT molecular complexity index is 1400. The Balaban J connectivity index is 1.81. The molecule has 0 aliphatic carbocycles. The van der Waals surface area contributed by atoms with Gasteiger partial charge >= 0.3 is 0 Å². The van der Waals surface area contributed by atoms with E-state index in [4.69, 9.17) is 9.15 Å². The van der Waals surface area contributed by atoms with Gasteiger partial charge in [0.1, 0.15) is 17.1 Å². The number of halogens is 2. The van der Waals surface area contributed by atoms with Crippen molar-refractivity contribution in [3.63, 3.8) is 0 Å². The highest BCUT2D eigenvalue weighted by molar-refractivity contribution is 9.10. The van der Waals surface area contributed by atoms with Crippen LogP contribution in [0.15, 0.2) is 80.4 Å². The summed E-state index contributed by atoms with van der Waals surface area (Å²) in [6, 6.07) is 17.0. The van der Waals surface area contributed by atoms with Crippen LogP contribution in [0, 0.1) is 5.82 Å². The molecule has 31 heavy (non-hydrogen) atoms. The summed E-state index contributed by atoms with van der Waals surface area (Å²) in [4.78, 5) is 28.5. The highest BCUT2D eigenvalue weighted by atomic mass is 79.9. The molecule has 5 rings (SSSR count). The second-order valence-corrected chi connectivity index (χ2v) is 8.06. The summed E-state index contributed by atoms with van der Waals surface area (Å²) in [6.45, 7) is 0. The Morgan fingerprint density at radius 1 is 1.03 bits per heavy atom. The predicted molar refractivity (Wildman–Crippen MR) is 118 cm³/mol. The maximum absolute atomic E-state index is 13.6. The van der Waals surface area contributed by atoms with E-state index in [9.17, 15) is 14.0 Å². The number of amides is 1. The Hall–Kier alpha value is -3.45. The van der Waals surface area contributed by atoms with Gasteiger partial charge in [0.15, 0.2) is 5.43 Å². The van der Waals surface area contributed by atoms with E-state index >= 15 is 0 Å². The van der Waals surface area contributed by atoms with E-state index in [1.807, 2.05) is 0 Å². The van der Waals surface area contributed by atoms with Gasteiger partial charge in [0.25, 0.3) is 5.91 Å². The number of nitrogens with zero attached hydrogens (tertiary/aromatic N) is 1. The topological polar surface area (TPSA) is 59.8 Å². The quantitative estimate of drug-likeness (QED) is 0.391. The van der Waals surface area contributed by atoms with Crippen molar-refractivity contribution in [2.45, 2.75) is 6.04 Å². The number of methoxy groups -OCH3 is 1. The number of carbonyl (C=O) groups excluding carboxylic acids is 1. The minimum atomic E-state index is -0.769. The first kappa shape index (κ1) is 19.5. The van der Waals surface area contributed by atoms with Crippen LogP contribution < -0.4 is 15.1 Å². The molecule has 1 aromatic heterocycles. The summed E-state index contributed by atoms with van der Waals surface area (Å²) in [5.74, 6) is -0.306. The van der Waals surface area contributed by atoms with Gasteiger partial charge in [-0.3, -0.25) is 14.5 Å². The van der Waals surface area contributed by atoms with Gasteiger partial charge in [0.05, 0.1) is 24.1 Å². The van der Waals surface area contributed by atoms with Crippen LogP contribution in [0.25, 0.3) is 11.0 Å². The highest BCUT2D eigenvalue weighted by Crippen LogP contribution is 2.42. The first-order valence-electron chi connectivity index (χ1n) is 9.47. The molecular formula is C24H15BrFNO4. The number of fused-ring (bicyclic) bond motifs is 2. The molecule has 0 radical (unpaired) electrons. The molecule has 1 atom stereocenters. The number of anilines is 1. The van der Waals surface area contributed by atoms with Gasteiger partial charge in [-0.1, -0.05) is 34.1 Å². The van der Waals surface area contributed by atoms with Gasteiger partial charge in [0.2, 0.25) is 5.76 Å². The van der Waals surface area contributed by atoms with Crippen molar-refractivity contribution in [1.82, 2.24) is 0 Å². The lowest BCUT2D eigenvalue weighted by molar-refractivity contribution is 0.0971. The molecule has 4 aromatic rings. The number of hydrogen-bond donors (Lipinski definition) is 0. The molecule has 0 fully saturated rings. The van der Waals surface area contributed by atoms with Crippen molar-refractivity contribution in [1.29, 1.82) is 0 Å². The molecule has 1 aliphatic heterocycles. The Kier molecular flexibility index (Phi) is 4.63. The molecule has 1 unspecified atom stereocenters. The van der Waals surface area contributed by atoms with E-state index in [-0.39, 0.29) is 16.8 Å². The van der Waals surface area contributed by atoms with Gasteiger partial charge < -0.3 is 9.15 Å². The summed E-state index contributed by atoms with van der Waals surface area (Å²) in [5.41, 5.74) is 1.38. The number of carbonyl (C=O) groups is 1. The SMILES string of the molecule is COc1cccc(N2C(=O)c3oc4ccc(Br)cc4c(=O)c3C2c2ccc(F)cc2)c1. The lowest BCUT2D eigenvalue weighted by atomic mass is 9.98. The fraction of sp³-hybridized carbons (Fsp3) is 0.0833. The fourth-order valence-electron chi connectivity index (χ4n) is 3.93. The van der Waals surface area contributed by atoms with Gasteiger partial charge in [-0.2, -0.15) is 0 Å². The zero-order valence-electron chi connectivity index (χ0n) is 16.3. The van der Waals surface area contributed by atoms with Gasteiger partial charge in [-0.25, -0.2) is 4.39 Å². The van der Waals surface area contributed by atoms with Crippen molar-refractivity contribution in [2.24, 2.45) is 0 Å². The molecule has 7 heteroatoms. The second kappa shape index (κ2) is 7.35. The maximum Gasteiger partial charge on any atom is 0.295 e. The minimum absolute atomic E-state index is 0.0167. The molecule has 0 bridgehead atoms. The van der Waals surface area contributed by atoms with E-state index < -0.39 is 17.8 Å². The van der Waals surface area contributed by atoms with Crippen LogP contribution >= 0.6 is 15.9 Å². The van der Waals surface area contributed by atoms with Crippen LogP contribution in [0.3, 0.4) is 0 Å². The summed E-state index contributed by atoms with van der Waals surface area (Å²) in [7, 11) is 1.53. The molecule has 5 nitrogen and oxygen atoms in total. The Morgan fingerprint density at radius 3 is 2.55 bits per heavy atom. The first-order valence-corrected chi connectivity index (χ1v) is 10.3. The van der Waals surface area contributed by atoms with E-state index in [1.54, 1.807) is 54.6 Å². The number of hydrogen-bond acceptors (Lipinski definition) is 4. The van der Waals surface area contributed by atoms with E-state index in [1.165, 1.54) is 24.1 Å². The smallest absolute Gasteiger partial charge is 0.295 e. The standard InChI is InChI=1S/C24H15BrFNO4/c1-30-17-4-2-3-16(12-17)27-21(13-5-8-15(26)9-6-13)20-22(28)18-11-14(25)7-10-19(18)31-23(20)24(27)29/h2-12,21H,1H3. The monoisotopic (exact) mass is 479 g/mol. The van der Waals surface area contributed by atoms with Crippen molar-refractivity contribution >= 4 is 38.5 Å². The van der Waals surface area contributed by atoms with Crippen LogP contribution in [0.4, 0.5) is 10.1 Å². The largest absolute Gasteiger partial charge is 0.497 e. The van der Waals surface area contributed by atoms with Crippen molar-refractivity contribution in [2.75, 3.05) is 12.0 Å². The third-order valence-electron chi connectivity index (χ3n) is 5.35. The summed E-state index contributed by atoms with van der Waals surface area (Å²) >= 11 is 3.38. The maximum atomic E-state index is 13.6. The Labute approximate surface area is 184 Å². The summed E-state index contributed by atoms with van der Waals surface area (Å²) < 4.78 is 25.6. The average molecular weight is 480 g/mol. The number of rotatable bonds is 3. The van der Waals surface area contributed by atoms with Crippen molar-refractivity contribution in [3.8, 4) is 5.75 Å². The molecular weight excluding hydrogens is 465 g/mol. The van der Waals surface area contributed by atoms with Crippen LogP contribution in [0.2, 0.25) is 0 Å². The Morgan fingerprint density at radius 2 is 1.81 bits per heavy atom. The molecule has 0 saturated carbocycles. The molecule has 0 spiro atoms. The fourth-order valence-corrected chi connectivity index (χ4v) is 4.29. The second-order valence-electron chi connectivity index (χ2n) is 7.15. The third kappa shape index (κ3) is 3.13. The highest BCUT2D eigenvalue weighted by Gasteiger charge is 2.43. The molecule has 0 saturated heterocycles. The summed E-state index contributed by atoms with van der Waals surface area (Å²) in [6.07, 6.45) is 0. The lowest BCUT2D eigenvalue weighted by Gasteiger charge is -2.25. The molecule has 1 aliphatic rings. The predicted octanol–water partition coefficient (Wildman–Crippen LogP) is 5.45. The molecule has 0 N–H and O–H groups in total. The average Bonchev–Trinajstić information content (AvgIpc) is 3.07. The first-order chi connectivity index (χ1) is 15.0. The number of benzene rings is 3. The summed E-state index contributed by atoms with van der Waals surface area (Å²) in [5, 5.41) is 0.362. The van der Waals surface area contributed by atoms with E-state index in [2.05, 4.69) is 15.9 Å². The molecule has 2 heterocycles. The van der Waals surface area contributed by atoms with Crippen LogP contribution in [-0.2, 0) is 0 Å². The van der Waals surface area contributed by atoms with Crippen molar-refractivity contribution < 1.29 is 18.3 Å². The zero-order chi connectivity index (χ0) is 21.7.